The van der Waals surface area contributed by atoms with E-state index in [1.807, 2.05) is 0 Å². The zero-order chi connectivity index (χ0) is 29.3. The van der Waals surface area contributed by atoms with E-state index in [-0.39, 0.29) is 19.4 Å². The topological polar surface area (TPSA) is 25.4 Å². The third-order valence-electron chi connectivity index (χ3n) is 11.0. The van der Waals surface area contributed by atoms with Crippen LogP contribution in [0.15, 0.2) is 115 Å². The van der Waals surface area contributed by atoms with Gasteiger partial charge in [0.15, 0.2) is 0 Å². The third kappa shape index (κ3) is 3.02. The first-order chi connectivity index (χ1) is 21.6. The number of hydrogen-bond donors (Lipinski definition) is 0. The minimum atomic E-state index is -0.150. The number of para-hydroxylation sites is 6. The molecular weight excluding hydrogens is 541 g/mol. The summed E-state index contributed by atoms with van der Waals surface area (Å²) in [6, 6.07) is 33.3. The number of aryl methyl sites for hydroxylation is 1. The van der Waals surface area contributed by atoms with Gasteiger partial charge < -0.3 is 29.1 Å². The molecule has 0 radical (unpaired) electrons. The monoisotopic (exact) mass is 575 g/mol. The molecule has 7 heteroatoms. The average Bonchev–Trinajstić information content (AvgIpc) is 3.70. The van der Waals surface area contributed by atoms with Crippen molar-refractivity contribution in [2.45, 2.75) is 37.5 Å². The molecule has 10 rings (SSSR count). The zero-order valence-electron chi connectivity index (χ0n) is 25.1. The quantitative estimate of drug-likeness (QED) is 0.178. The molecule has 4 aromatic rings. The minimum absolute atomic E-state index is 0.0590. The second-order valence-electron chi connectivity index (χ2n) is 13.2. The lowest BCUT2D eigenvalue weighted by molar-refractivity contribution is 0.202. The van der Waals surface area contributed by atoms with Crippen LogP contribution in [0.2, 0.25) is 0 Å². The van der Waals surface area contributed by atoms with Crippen molar-refractivity contribution in [3.8, 4) is 5.75 Å². The molecule has 0 bridgehead atoms. The van der Waals surface area contributed by atoms with Crippen LogP contribution in [0.3, 0.4) is 0 Å². The van der Waals surface area contributed by atoms with E-state index in [1.165, 1.54) is 50.7 Å². The molecule has 0 aliphatic carbocycles. The fourth-order valence-electron chi connectivity index (χ4n) is 9.27. The van der Waals surface area contributed by atoms with Gasteiger partial charge in [0.25, 0.3) is 0 Å². The lowest BCUT2D eigenvalue weighted by Crippen LogP contribution is -2.62. The van der Waals surface area contributed by atoms with Crippen molar-refractivity contribution >= 4 is 41.0 Å². The van der Waals surface area contributed by atoms with E-state index in [9.17, 15) is 0 Å². The highest BCUT2D eigenvalue weighted by Gasteiger charge is 2.57. The SMILES string of the molecule is C=C1CC2C(CCc3ccccc3N3c4ccccc4N(C)C13)c1cccc3c1N1C(=CN(C)C21)N1B3Oc2ccccc21. The Bertz CT molecular complexity index is 1920. The molecule has 6 aliphatic heterocycles. The molecule has 4 atom stereocenters. The Morgan fingerprint density at radius 3 is 2.41 bits per heavy atom. The molecule has 0 aromatic heterocycles. The number of fused-ring (bicyclic) bond motifs is 13. The van der Waals surface area contributed by atoms with Gasteiger partial charge in [-0.3, -0.25) is 0 Å². The molecule has 4 aromatic carbocycles. The summed E-state index contributed by atoms with van der Waals surface area (Å²) >= 11 is 0. The van der Waals surface area contributed by atoms with E-state index < -0.39 is 0 Å². The van der Waals surface area contributed by atoms with Crippen molar-refractivity contribution < 1.29 is 4.65 Å². The van der Waals surface area contributed by atoms with Crippen LogP contribution >= 0.6 is 0 Å². The summed E-state index contributed by atoms with van der Waals surface area (Å²) in [5, 5.41) is 0. The van der Waals surface area contributed by atoms with Crippen LogP contribution in [0.4, 0.5) is 28.4 Å². The number of nitrogens with zero attached hydrogens (tertiary/aromatic N) is 5. The number of anilines is 5. The predicted octanol–water partition coefficient (Wildman–Crippen LogP) is 6.39. The van der Waals surface area contributed by atoms with E-state index in [4.69, 9.17) is 11.2 Å². The number of benzene rings is 4. The molecule has 4 unspecified atom stereocenters. The van der Waals surface area contributed by atoms with E-state index in [0.717, 1.165) is 30.7 Å². The first-order valence-electron chi connectivity index (χ1n) is 15.9. The largest absolute Gasteiger partial charge is 0.536 e. The number of likely N-dealkylation sites (N-methyl/N-ethyl adjacent to an activating group) is 1. The molecule has 0 spiro atoms. The standard InChI is InChI=1S/C37H34BN5O/c1-23-21-27-25(20-19-24-11-4-5-14-29(24)41-31-16-7-6-15-30(31)40(3)36(23)41)26-12-10-13-28-35(26)42-34(22-39(2)37(27)42)43-32-17-8-9-18-33(32)44-38(28)43/h4-18,22,25,27,36-37H,1,19-21H2,2-3H3. The fourth-order valence-corrected chi connectivity index (χ4v) is 9.27. The van der Waals surface area contributed by atoms with Gasteiger partial charge in [-0.2, -0.15) is 0 Å². The Kier molecular flexibility index (Phi) is 4.85. The highest BCUT2D eigenvalue weighted by molar-refractivity contribution is 6.76. The summed E-state index contributed by atoms with van der Waals surface area (Å²) in [6.07, 6.45) is 5.67. The maximum absolute atomic E-state index is 6.68. The van der Waals surface area contributed by atoms with E-state index in [2.05, 4.69) is 136 Å². The summed E-state index contributed by atoms with van der Waals surface area (Å²) in [5.74, 6) is 2.92. The van der Waals surface area contributed by atoms with E-state index in [1.54, 1.807) is 0 Å². The molecule has 0 amide bonds. The summed E-state index contributed by atoms with van der Waals surface area (Å²) < 4.78 is 6.68. The minimum Gasteiger partial charge on any atom is -0.536 e. The molecule has 6 nitrogen and oxygen atoms in total. The lowest BCUT2D eigenvalue weighted by Gasteiger charge is -2.52. The molecular formula is C37H34BN5O. The smallest absolute Gasteiger partial charge is 0.527 e. The van der Waals surface area contributed by atoms with E-state index in [0.29, 0.717) is 11.8 Å². The Morgan fingerprint density at radius 2 is 1.55 bits per heavy atom. The molecule has 44 heavy (non-hydrogen) atoms. The average molecular weight is 576 g/mol. The van der Waals surface area contributed by atoms with Crippen molar-refractivity contribution in [1.29, 1.82) is 0 Å². The summed E-state index contributed by atoms with van der Waals surface area (Å²) in [7, 11) is 4.35. The van der Waals surface area contributed by atoms with Gasteiger partial charge in [0.1, 0.15) is 23.9 Å². The first-order valence-corrected chi connectivity index (χ1v) is 15.9. The van der Waals surface area contributed by atoms with Crippen LogP contribution < -0.4 is 29.6 Å². The predicted molar refractivity (Wildman–Crippen MR) is 179 cm³/mol. The Morgan fingerprint density at radius 1 is 0.795 bits per heavy atom. The number of hydrogen-bond acceptors (Lipinski definition) is 6. The van der Waals surface area contributed by atoms with E-state index >= 15 is 0 Å². The third-order valence-corrected chi connectivity index (χ3v) is 11.0. The summed E-state index contributed by atoms with van der Waals surface area (Å²) in [6.45, 7) is 4.89. The Hall–Kier alpha value is -4.78. The molecule has 0 fully saturated rings. The van der Waals surface area contributed by atoms with Crippen LogP contribution in [0, 0.1) is 5.92 Å². The molecule has 0 saturated heterocycles. The summed E-state index contributed by atoms with van der Waals surface area (Å²) in [5.41, 5.74) is 11.7. The van der Waals surface area contributed by atoms with Crippen molar-refractivity contribution in [1.82, 2.24) is 4.90 Å². The summed E-state index contributed by atoms with van der Waals surface area (Å²) in [4.78, 5) is 12.5. The van der Waals surface area contributed by atoms with Gasteiger partial charge in [0, 0.05) is 43.1 Å². The Labute approximate surface area is 259 Å². The molecule has 0 N–H and O–H groups in total. The molecule has 0 saturated carbocycles. The molecule has 6 heterocycles. The van der Waals surface area contributed by atoms with Gasteiger partial charge in [-0.15, -0.1) is 0 Å². The number of rotatable bonds is 0. The van der Waals surface area contributed by atoms with Crippen LogP contribution in [0.5, 0.6) is 5.75 Å². The lowest BCUT2D eigenvalue weighted by atomic mass is 9.64. The van der Waals surface area contributed by atoms with Gasteiger partial charge in [-0.1, -0.05) is 67.2 Å². The molecule has 6 aliphatic rings. The van der Waals surface area contributed by atoms with Gasteiger partial charge in [0.2, 0.25) is 0 Å². The van der Waals surface area contributed by atoms with Crippen molar-refractivity contribution in [3.63, 3.8) is 0 Å². The van der Waals surface area contributed by atoms with Gasteiger partial charge in [-0.25, -0.2) is 0 Å². The van der Waals surface area contributed by atoms with Crippen LogP contribution in [0.25, 0.3) is 0 Å². The zero-order valence-corrected chi connectivity index (χ0v) is 25.1. The van der Waals surface area contributed by atoms with Crippen molar-refractivity contribution in [2.75, 3.05) is 33.6 Å². The highest BCUT2D eigenvalue weighted by atomic mass is 16.5. The fraction of sp³-hybridized carbons (Fsp3) is 0.243. The van der Waals surface area contributed by atoms with Gasteiger partial charge in [0.05, 0.1) is 17.1 Å². The maximum atomic E-state index is 6.68. The van der Waals surface area contributed by atoms with Crippen LogP contribution in [-0.4, -0.2) is 38.4 Å². The second kappa shape index (κ2) is 8.66. The van der Waals surface area contributed by atoms with Gasteiger partial charge >= 0.3 is 7.05 Å². The second-order valence-corrected chi connectivity index (χ2v) is 13.2. The highest BCUT2D eigenvalue weighted by Crippen LogP contribution is 2.56. The van der Waals surface area contributed by atoms with Crippen molar-refractivity contribution in [2.24, 2.45) is 5.92 Å². The van der Waals surface area contributed by atoms with Crippen LogP contribution in [0.1, 0.15) is 29.9 Å². The van der Waals surface area contributed by atoms with Crippen LogP contribution in [-0.2, 0) is 6.42 Å². The van der Waals surface area contributed by atoms with Crippen molar-refractivity contribution in [3.05, 3.63) is 126 Å². The Balaban J connectivity index is 1.15. The first kappa shape index (κ1) is 24.6. The maximum Gasteiger partial charge on any atom is 0.527 e. The van der Waals surface area contributed by atoms with Gasteiger partial charge in [-0.05, 0) is 72.2 Å². The normalized spacial score (nSPS) is 25.3. The molecule has 216 valence electrons.